The summed E-state index contributed by atoms with van der Waals surface area (Å²) in [7, 11) is 0. The number of nitrogens with zero attached hydrogens (tertiary/aromatic N) is 3. The van der Waals surface area contributed by atoms with Crippen LogP contribution in [-0.2, 0) is 16.1 Å². The Bertz CT molecular complexity index is 906. The fraction of sp³-hybridized carbons (Fsp3) is 0.450. The summed E-state index contributed by atoms with van der Waals surface area (Å²) in [5.74, 6) is 0.733. The first-order chi connectivity index (χ1) is 14.1. The second kappa shape index (κ2) is 9.81. The monoisotopic (exact) mass is 638 g/mol. The molecule has 8 nitrogen and oxygen atoms in total. The van der Waals surface area contributed by atoms with Gasteiger partial charge in [-0.15, -0.1) is 5.06 Å². The molecule has 0 spiro atoms. The van der Waals surface area contributed by atoms with E-state index in [-0.39, 0.29) is 11.9 Å². The molecule has 0 aliphatic carbocycles. The van der Waals surface area contributed by atoms with Crippen LogP contribution in [-0.4, -0.2) is 51.9 Å². The molecular weight excluding hydrogens is 614 g/mol. The van der Waals surface area contributed by atoms with E-state index in [1.165, 1.54) is 0 Å². The van der Waals surface area contributed by atoms with Gasteiger partial charge in [0.2, 0.25) is 0 Å². The Morgan fingerprint density at radius 1 is 1.20 bits per heavy atom. The van der Waals surface area contributed by atoms with E-state index in [1.807, 2.05) is 39.0 Å². The van der Waals surface area contributed by atoms with Gasteiger partial charge in [-0.05, 0) is 78.1 Å². The van der Waals surface area contributed by atoms with E-state index in [1.54, 1.807) is 17.2 Å². The molecule has 0 atom stereocenters. The van der Waals surface area contributed by atoms with Crippen molar-refractivity contribution >= 4 is 57.2 Å². The average molecular weight is 638 g/mol. The second-order valence-electron chi connectivity index (χ2n) is 7.92. The fourth-order valence-corrected chi connectivity index (χ4v) is 4.09. The van der Waals surface area contributed by atoms with Crippen molar-refractivity contribution < 1.29 is 19.2 Å². The van der Waals surface area contributed by atoms with Crippen LogP contribution in [0.2, 0.25) is 0 Å². The third-order valence-electron chi connectivity index (χ3n) is 4.33. The van der Waals surface area contributed by atoms with Crippen molar-refractivity contribution in [2.24, 2.45) is 0 Å². The van der Waals surface area contributed by atoms with Gasteiger partial charge in [-0.25, -0.2) is 14.6 Å². The number of imidazole rings is 1. The van der Waals surface area contributed by atoms with Crippen molar-refractivity contribution in [2.45, 2.75) is 38.8 Å². The quantitative estimate of drug-likeness (QED) is 0.486. The average Bonchev–Trinajstić information content (AvgIpc) is 2.91. The van der Waals surface area contributed by atoms with E-state index in [2.05, 4.69) is 55.1 Å². The molecule has 0 saturated carbocycles. The smallest absolute Gasteiger partial charge is 0.407 e. The number of hydrogen-bond donors (Lipinski definition) is 1. The molecule has 1 N–H and O–H groups in total. The maximum Gasteiger partial charge on any atom is 0.407 e. The van der Waals surface area contributed by atoms with Crippen molar-refractivity contribution in [3.63, 3.8) is 0 Å². The number of carbonyl (C=O) groups is 2. The number of ether oxygens (including phenoxy) is 1. The minimum Gasteiger partial charge on any atom is -0.444 e. The van der Waals surface area contributed by atoms with E-state index >= 15 is 0 Å². The molecule has 3 rings (SSSR count). The number of carbonyl (C=O) groups excluding carboxylic acids is 2. The zero-order chi connectivity index (χ0) is 21.9. The molecule has 0 unspecified atom stereocenters. The molecule has 1 aromatic carbocycles. The minimum atomic E-state index is -0.527. The van der Waals surface area contributed by atoms with Crippen LogP contribution < -0.4 is 5.32 Å². The van der Waals surface area contributed by atoms with Gasteiger partial charge in [-0.3, -0.25) is 0 Å². The summed E-state index contributed by atoms with van der Waals surface area (Å²) in [5.41, 5.74) is 0.000401. The van der Waals surface area contributed by atoms with Gasteiger partial charge >= 0.3 is 12.1 Å². The van der Waals surface area contributed by atoms with Gasteiger partial charge in [0.25, 0.3) is 0 Å². The fourth-order valence-electron chi connectivity index (χ4n) is 2.95. The lowest BCUT2D eigenvalue weighted by Crippen LogP contribution is -2.47. The Balaban J connectivity index is 1.54. The largest absolute Gasteiger partial charge is 0.444 e. The number of halogens is 2. The number of rotatable bonds is 6. The van der Waals surface area contributed by atoms with Crippen LogP contribution in [0.3, 0.4) is 0 Å². The van der Waals surface area contributed by atoms with Crippen LogP contribution in [0.5, 0.6) is 0 Å². The molecule has 2 aromatic rings. The zero-order valence-corrected chi connectivity index (χ0v) is 21.3. The van der Waals surface area contributed by atoms with Crippen molar-refractivity contribution in [1.82, 2.24) is 19.9 Å². The normalized spacial score (nSPS) is 14.8. The molecule has 0 bridgehead atoms. The maximum absolute atomic E-state index is 12.2. The summed E-state index contributed by atoms with van der Waals surface area (Å²) in [6, 6.07) is 8.93. The van der Waals surface area contributed by atoms with Crippen molar-refractivity contribution in [3.05, 3.63) is 49.1 Å². The van der Waals surface area contributed by atoms with Crippen LogP contribution in [0.25, 0.3) is 0 Å². The SMILES string of the molecule is CC(C)(C)OC(=O)NCCn1c(C2CN(OC(=O)c3ccccc3)C2)nc(I)c1I. The molecule has 1 amide bonds. The third-order valence-corrected chi connectivity index (χ3v) is 7.21. The minimum absolute atomic E-state index is 0.159. The number of amides is 1. The van der Waals surface area contributed by atoms with Crippen molar-refractivity contribution in [1.29, 1.82) is 0 Å². The van der Waals surface area contributed by atoms with Gasteiger partial charge in [0.1, 0.15) is 18.8 Å². The van der Waals surface area contributed by atoms with Gasteiger partial charge in [-0.2, -0.15) is 0 Å². The lowest BCUT2D eigenvalue weighted by Gasteiger charge is -2.36. The van der Waals surface area contributed by atoms with Crippen molar-refractivity contribution in [2.75, 3.05) is 19.6 Å². The number of hydroxylamine groups is 2. The molecule has 30 heavy (non-hydrogen) atoms. The summed E-state index contributed by atoms with van der Waals surface area (Å²) in [6.07, 6.45) is -0.434. The molecule has 1 aliphatic rings. The Morgan fingerprint density at radius 3 is 2.50 bits per heavy atom. The summed E-state index contributed by atoms with van der Waals surface area (Å²) < 4.78 is 9.31. The lowest BCUT2D eigenvalue weighted by atomic mass is 10.0. The second-order valence-corrected chi connectivity index (χ2v) is 9.96. The van der Waals surface area contributed by atoms with E-state index < -0.39 is 11.7 Å². The molecule has 1 fully saturated rings. The Labute approximate surface area is 202 Å². The highest BCUT2D eigenvalue weighted by atomic mass is 127. The molecular formula is C20H24I2N4O4. The molecule has 0 radical (unpaired) electrons. The number of hydrogen-bond acceptors (Lipinski definition) is 6. The first-order valence-electron chi connectivity index (χ1n) is 9.54. The van der Waals surface area contributed by atoms with Gasteiger partial charge in [0.05, 0.1) is 5.56 Å². The lowest BCUT2D eigenvalue weighted by molar-refractivity contribution is -0.159. The molecule has 2 heterocycles. The number of benzene rings is 1. The van der Waals surface area contributed by atoms with Crippen LogP contribution in [0.4, 0.5) is 4.79 Å². The summed E-state index contributed by atoms with van der Waals surface area (Å²) in [5, 5.41) is 4.43. The molecule has 1 aromatic heterocycles. The summed E-state index contributed by atoms with van der Waals surface area (Å²) >= 11 is 4.47. The van der Waals surface area contributed by atoms with E-state index in [0.29, 0.717) is 31.7 Å². The van der Waals surface area contributed by atoms with E-state index in [4.69, 9.17) is 14.6 Å². The number of nitrogens with one attached hydrogen (secondary N) is 1. The van der Waals surface area contributed by atoms with Crippen LogP contribution in [0, 0.1) is 7.40 Å². The van der Waals surface area contributed by atoms with Crippen LogP contribution in [0.1, 0.15) is 42.9 Å². The molecule has 10 heteroatoms. The summed E-state index contributed by atoms with van der Waals surface area (Å²) in [6.45, 7) is 7.69. The maximum atomic E-state index is 12.2. The highest BCUT2D eigenvalue weighted by molar-refractivity contribution is 14.1. The highest BCUT2D eigenvalue weighted by Gasteiger charge is 2.35. The van der Waals surface area contributed by atoms with Gasteiger partial charge in [0.15, 0.2) is 0 Å². The number of aromatic nitrogens is 2. The third kappa shape index (κ3) is 6.06. The predicted octanol–water partition coefficient (Wildman–Crippen LogP) is 3.79. The highest BCUT2D eigenvalue weighted by Crippen LogP contribution is 2.30. The zero-order valence-electron chi connectivity index (χ0n) is 17.0. The predicted molar refractivity (Wildman–Crippen MR) is 128 cm³/mol. The van der Waals surface area contributed by atoms with Gasteiger partial charge in [-0.1, -0.05) is 18.2 Å². The number of alkyl carbamates (subject to hydrolysis) is 1. The van der Waals surface area contributed by atoms with Gasteiger partial charge < -0.3 is 19.5 Å². The first-order valence-corrected chi connectivity index (χ1v) is 11.7. The Hall–Kier alpha value is -1.41. The van der Waals surface area contributed by atoms with E-state index in [0.717, 1.165) is 13.2 Å². The molecule has 1 aliphatic heterocycles. The standard InChI is InChI=1S/C20H24I2N4O4/c1-20(2,3)29-19(28)23-9-10-26-16(22)15(21)24-17(26)14-11-25(12-14)30-18(27)13-7-5-4-6-8-13/h4-8,14H,9-12H2,1-3H3,(H,23,28). The Kier molecular flexibility index (Phi) is 7.61. The van der Waals surface area contributed by atoms with E-state index in [9.17, 15) is 9.59 Å². The Morgan fingerprint density at radius 2 is 1.87 bits per heavy atom. The first kappa shape index (κ1) is 23.3. The van der Waals surface area contributed by atoms with Crippen LogP contribution in [0.15, 0.2) is 30.3 Å². The molecule has 162 valence electrons. The molecule has 1 saturated heterocycles. The summed E-state index contributed by atoms with van der Waals surface area (Å²) in [4.78, 5) is 34.2. The van der Waals surface area contributed by atoms with Gasteiger partial charge in [0, 0.05) is 32.1 Å². The van der Waals surface area contributed by atoms with Crippen LogP contribution >= 0.6 is 45.2 Å². The topological polar surface area (TPSA) is 85.7 Å². The van der Waals surface area contributed by atoms with Crippen molar-refractivity contribution in [3.8, 4) is 0 Å².